The Labute approximate surface area is 81.8 Å². The van der Waals surface area contributed by atoms with Crippen LogP contribution in [0.3, 0.4) is 0 Å². The van der Waals surface area contributed by atoms with E-state index in [1.54, 1.807) is 13.8 Å². The number of esters is 1. The zero-order valence-corrected chi connectivity index (χ0v) is 8.37. The van der Waals surface area contributed by atoms with Gasteiger partial charge in [0.1, 0.15) is 0 Å². The fourth-order valence-corrected chi connectivity index (χ4v) is 0.587. The van der Waals surface area contributed by atoms with Crippen LogP contribution in [0.1, 0.15) is 20.8 Å². The van der Waals surface area contributed by atoms with Crippen LogP contribution in [-0.2, 0) is 14.3 Å². The molecule has 0 bridgehead atoms. The monoisotopic (exact) mass is 202 g/mol. The molecule has 14 heavy (non-hydrogen) atoms. The number of hydrogen-bond donors (Lipinski definition) is 2. The molecule has 0 fully saturated rings. The molecule has 0 aliphatic heterocycles. The van der Waals surface area contributed by atoms with Crippen LogP contribution in [0.4, 0.5) is 4.79 Å². The van der Waals surface area contributed by atoms with E-state index in [0.29, 0.717) is 0 Å². The number of ether oxygens (including phenoxy) is 1. The summed E-state index contributed by atoms with van der Waals surface area (Å²) in [5.41, 5.74) is 4.71. The summed E-state index contributed by atoms with van der Waals surface area (Å²) in [5.74, 6) is -1.55. The standard InChI is InChI=1S/C8H14N2O4/c1-4(2)7(12)14-5(3)6(11)10-8(9)13/h4-5H,1-3H3,(H3,9,10,11,13). The first-order chi connectivity index (χ1) is 6.34. The maximum atomic E-state index is 11.0. The van der Waals surface area contributed by atoms with E-state index >= 15 is 0 Å². The van der Waals surface area contributed by atoms with Crippen LogP contribution in [0.25, 0.3) is 0 Å². The Kier molecular flexibility index (Phi) is 4.62. The first-order valence-corrected chi connectivity index (χ1v) is 4.15. The molecule has 0 rings (SSSR count). The molecule has 0 saturated heterocycles. The van der Waals surface area contributed by atoms with Gasteiger partial charge in [0.25, 0.3) is 5.91 Å². The summed E-state index contributed by atoms with van der Waals surface area (Å²) < 4.78 is 4.72. The molecule has 0 aromatic rings. The lowest BCUT2D eigenvalue weighted by Crippen LogP contribution is -2.42. The Balaban J connectivity index is 4.08. The van der Waals surface area contributed by atoms with Gasteiger partial charge in [-0.1, -0.05) is 13.8 Å². The number of carbonyl (C=O) groups excluding carboxylic acids is 3. The van der Waals surface area contributed by atoms with Crippen molar-refractivity contribution in [3.63, 3.8) is 0 Å². The highest BCUT2D eigenvalue weighted by molar-refractivity contribution is 5.96. The number of hydrogen-bond acceptors (Lipinski definition) is 4. The predicted molar refractivity (Wildman–Crippen MR) is 48.1 cm³/mol. The lowest BCUT2D eigenvalue weighted by molar-refractivity contribution is -0.157. The topological polar surface area (TPSA) is 98.5 Å². The maximum absolute atomic E-state index is 11.0. The molecule has 3 N–H and O–H groups in total. The van der Waals surface area contributed by atoms with Crippen LogP contribution in [0, 0.1) is 5.92 Å². The largest absolute Gasteiger partial charge is 0.452 e. The number of amides is 3. The molecule has 1 atom stereocenters. The molecule has 3 amide bonds. The average Bonchev–Trinajstić information content (AvgIpc) is 2.02. The Morgan fingerprint density at radius 1 is 1.21 bits per heavy atom. The smallest absolute Gasteiger partial charge is 0.318 e. The minimum absolute atomic E-state index is 0.321. The molecule has 0 aromatic carbocycles. The Hall–Kier alpha value is -1.59. The fraction of sp³-hybridized carbons (Fsp3) is 0.625. The van der Waals surface area contributed by atoms with Gasteiger partial charge in [-0.15, -0.1) is 0 Å². The van der Waals surface area contributed by atoms with E-state index < -0.39 is 24.0 Å². The third kappa shape index (κ3) is 4.44. The van der Waals surface area contributed by atoms with Crippen molar-refractivity contribution in [1.29, 1.82) is 0 Å². The van der Waals surface area contributed by atoms with Gasteiger partial charge in [0.15, 0.2) is 6.10 Å². The van der Waals surface area contributed by atoms with E-state index in [0.717, 1.165) is 0 Å². The molecular weight excluding hydrogens is 188 g/mol. The summed E-state index contributed by atoms with van der Waals surface area (Å²) in [4.78, 5) is 32.3. The van der Waals surface area contributed by atoms with Crippen molar-refractivity contribution in [3.05, 3.63) is 0 Å². The molecular formula is C8H14N2O4. The number of rotatable bonds is 3. The molecule has 0 aliphatic carbocycles. The van der Waals surface area contributed by atoms with Crippen LogP contribution < -0.4 is 11.1 Å². The molecule has 0 heterocycles. The van der Waals surface area contributed by atoms with Crippen LogP contribution in [-0.4, -0.2) is 24.0 Å². The number of nitrogens with one attached hydrogen (secondary N) is 1. The van der Waals surface area contributed by atoms with E-state index in [-0.39, 0.29) is 5.92 Å². The lowest BCUT2D eigenvalue weighted by Gasteiger charge is -2.13. The molecule has 80 valence electrons. The third-order valence-electron chi connectivity index (χ3n) is 1.38. The van der Waals surface area contributed by atoms with Gasteiger partial charge in [0.2, 0.25) is 0 Å². The second kappa shape index (κ2) is 5.21. The van der Waals surface area contributed by atoms with Gasteiger partial charge in [-0.2, -0.15) is 0 Å². The van der Waals surface area contributed by atoms with Gasteiger partial charge >= 0.3 is 12.0 Å². The van der Waals surface area contributed by atoms with E-state index in [4.69, 9.17) is 10.5 Å². The molecule has 6 heteroatoms. The van der Waals surface area contributed by atoms with Crippen molar-refractivity contribution in [1.82, 2.24) is 5.32 Å². The van der Waals surface area contributed by atoms with E-state index in [9.17, 15) is 14.4 Å². The van der Waals surface area contributed by atoms with Gasteiger partial charge in [-0.05, 0) is 6.92 Å². The highest BCUT2D eigenvalue weighted by Gasteiger charge is 2.20. The Morgan fingerprint density at radius 2 is 1.71 bits per heavy atom. The van der Waals surface area contributed by atoms with Gasteiger partial charge in [0.05, 0.1) is 5.92 Å². The number of nitrogens with two attached hydrogens (primary N) is 1. The maximum Gasteiger partial charge on any atom is 0.318 e. The van der Waals surface area contributed by atoms with Crippen molar-refractivity contribution >= 4 is 17.9 Å². The number of carbonyl (C=O) groups is 3. The molecule has 0 radical (unpaired) electrons. The molecule has 0 spiro atoms. The summed E-state index contributed by atoms with van der Waals surface area (Å²) in [6.45, 7) is 4.64. The second-order valence-electron chi connectivity index (χ2n) is 3.09. The molecule has 6 nitrogen and oxygen atoms in total. The number of urea groups is 1. The van der Waals surface area contributed by atoms with Gasteiger partial charge in [0, 0.05) is 0 Å². The fourth-order valence-electron chi connectivity index (χ4n) is 0.587. The average molecular weight is 202 g/mol. The highest BCUT2D eigenvalue weighted by Crippen LogP contribution is 2.00. The minimum atomic E-state index is -1.02. The Morgan fingerprint density at radius 3 is 2.07 bits per heavy atom. The van der Waals surface area contributed by atoms with Crippen molar-refractivity contribution in [3.8, 4) is 0 Å². The number of imide groups is 1. The van der Waals surface area contributed by atoms with Gasteiger partial charge < -0.3 is 10.5 Å². The first kappa shape index (κ1) is 12.4. The third-order valence-corrected chi connectivity index (χ3v) is 1.38. The normalized spacial score (nSPS) is 12.0. The zero-order valence-electron chi connectivity index (χ0n) is 8.37. The second-order valence-corrected chi connectivity index (χ2v) is 3.09. The highest BCUT2D eigenvalue weighted by atomic mass is 16.5. The van der Waals surface area contributed by atoms with Crippen molar-refractivity contribution in [2.75, 3.05) is 0 Å². The van der Waals surface area contributed by atoms with Crippen LogP contribution >= 0.6 is 0 Å². The van der Waals surface area contributed by atoms with Gasteiger partial charge in [-0.25, -0.2) is 4.79 Å². The molecule has 0 aromatic heterocycles. The summed E-state index contributed by atoms with van der Waals surface area (Å²) in [6.07, 6.45) is -1.02. The van der Waals surface area contributed by atoms with Crippen LogP contribution in [0.2, 0.25) is 0 Å². The number of primary amides is 1. The summed E-state index contributed by atoms with van der Waals surface area (Å²) in [6, 6.07) is -0.970. The van der Waals surface area contributed by atoms with Crippen molar-refractivity contribution in [2.45, 2.75) is 26.9 Å². The SMILES string of the molecule is CC(C)C(=O)OC(C)C(=O)NC(N)=O. The quantitative estimate of drug-likeness (QED) is 0.617. The zero-order chi connectivity index (χ0) is 11.3. The summed E-state index contributed by atoms with van der Waals surface area (Å²) in [5, 5.41) is 1.81. The van der Waals surface area contributed by atoms with Gasteiger partial charge in [-0.3, -0.25) is 14.9 Å². The van der Waals surface area contributed by atoms with Crippen LogP contribution in [0.5, 0.6) is 0 Å². The first-order valence-electron chi connectivity index (χ1n) is 4.15. The molecule has 0 saturated carbocycles. The summed E-state index contributed by atoms with van der Waals surface area (Å²) in [7, 11) is 0. The van der Waals surface area contributed by atoms with E-state index in [1.807, 2.05) is 5.32 Å². The predicted octanol–water partition coefficient (Wildman–Crippen LogP) is -0.231. The Bertz CT molecular complexity index is 250. The molecule has 1 unspecified atom stereocenters. The minimum Gasteiger partial charge on any atom is -0.452 e. The van der Waals surface area contributed by atoms with E-state index in [1.165, 1.54) is 6.92 Å². The van der Waals surface area contributed by atoms with E-state index in [2.05, 4.69) is 0 Å². The summed E-state index contributed by atoms with van der Waals surface area (Å²) >= 11 is 0. The van der Waals surface area contributed by atoms with Crippen molar-refractivity contribution < 1.29 is 19.1 Å². The lowest BCUT2D eigenvalue weighted by atomic mass is 10.2. The van der Waals surface area contributed by atoms with Crippen LogP contribution in [0.15, 0.2) is 0 Å². The van der Waals surface area contributed by atoms with Crippen molar-refractivity contribution in [2.24, 2.45) is 11.7 Å². The molecule has 0 aliphatic rings.